The Kier molecular flexibility index (Phi) is 15.8. The van der Waals surface area contributed by atoms with E-state index in [2.05, 4.69) is 78.3 Å². The summed E-state index contributed by atoms with van der Waals surface area (Å²) in [4.78, 5) is 32.1. The number of nitriles is 1. The lowest BCUT2D eigenvalue weighted by atomic mass is 9.74. The first-order valence-corrected chi connectivity index (χ1v) is 22.0. The van der Waals surface area contributed by atoms with E-state index in [-0.39, 0.29) is 50.1 Å². The minimum Gasteiger partial charge on any atom is -0.497 e. The highest BCUT2D eigenvalue weighted by molar-refractivity contribution is 7.44. The van der Waals surface area contributed by atoms with E-state index in [4.69, 9.17) is 23.3 Å². The number of anilines is 1. The Balaban J connectivity index is 1.54. The van der Waals surface area contributed by atoms with Crippen LogP contribution in [0.25, 0.3) is 0 Å². The molecule has 0 radical (unpaired) electrons. The van der Waals surface area contributed by atoms with Crippen molar-refractivity contribution in [3.63, 3.8) is 0 Å². The Morgan fingerprint density at radius 2 is 1.50 bits per heavy atom. The highest BCUT2D eigenvalue weighted by Gasteiger charge is 2.53. The summed E-state index contributed by atoms with van der Waals surface area (Å²) in [6, 6.07) is 38.4. The summed E-state index contributed by atoms with van der Waals surface area (Å²) in [6.07, 6.45) is 1.24. The Bertz CT molecular complexity index is 2260. The second-order valence-electron chi connectivity index (χ2n) is 15.7. The summed E-state index contributed by atoms with van der Waals surface area (Å²) < 4.78 is 35.9. The molecule has 326 valence electrons. The monoisotopic (exact) mass is 860 g/mol. The summed E-state index contributed by atoms with van der Waals surface area (Å²) in [7, 11) is 1.60. The maximum Gasteiger partial charge on any atom is 0.351 e. The first-order chi connectivity index (χ1) is 30.0. The third kappa shape index (κ3) is 10.1. The van der Waals surface area contributed by atoms with Gasteiger partial charge in [-0.3, -0.25) is 14.7 Å². The van der Waals surface area contributed by atoms with E-state index in [1.54, 1.807) is 51.6 Å². The molecule has 1 aliphatic heterocycles. The smallest absolute Gasteiger partial charge is 0.351 e. The molecular formula is C48H57N6O7P. The van der Waals surface area contributed by atoms with E-state index in [9.17, 15) is 14.9 Å². The van der Waals surface area contributed by atoms with Crippen LogP contribution in [0.1, 0.15) is 79.4 Å². The van der Waals surface area contributed by atoms with Gasteiger partial charge in [-0.25, -0.2) is 9.46 Å². The Labute approximate surface area is 365 Å². The van der Waals surface area contributed by atoms with Gasteiger partial charge in [0.05, 0.1) is 51.0 Å². The van der Waals surface area contributed by atoms with Crippen molar-refractivity contribution < 1.29 is 28.1 Å². The average Bonchev–Trinajstić information content (AvgIpc) is 3.29. The van der Waals surface area contributed by atoms with E-state index < -0.39 is 37.6 Å². The standard InChI is InChI=1S/C48H57N6O7P/c1-34(2)54(35(3)4)62(60-30-17-29-49)61-33-47(58-7)28-31-59-45(53-32-36(5)43(51-46(53)56)50-44(55)37-18-11-8-12-19-37)42(47)52-48(38-20-13-9-14-21-38,39-22-15-10-16-23-39)40-24-26-41(57-6)27-25-40/h8-16,18-27,32,34-35,42,45,52H,17,28,30-31,33H2,1-7H3,(H,50,51,55,56)/t42-,45+,47+,62?/m0/s1. The fourth-order valence-electron chi connectivity index (χ4n) is 8.08. The molecule has 1 aliphatic rings. The zero-order chi connectivity index (χ0) is 44.3. The Morgan fingerprint density at radius 3 is 2.05 bits per heavy atom. The number of methoxy groups -OCH3 is 2. The summed E-state index contributed by atoms with van der Waals surface area (Å²) in [5.41, 5.74) is 0.840. The second kappa shape index (κ2) is 21.2. The summed E-state index contributed by atoms with van der Waals surface area (Å²) in [5, 5.41) is 16.3. The number of hydrogen-bond donors (Lipinski definition) is 2. The van der Waals surface area contributed by atoms with Crippen LogP contribution in [0.4, 0.5) is 5.82 Å². The molecule has 14 heteroatoms. The molecule has 0 saturated carbocycles. The molecule has 0 bridgehead atoms. The Morgan fingerprint density at radius 1 is 0.919 bits per heavy atom. The number of carbonyl (C=O) groups excluding carboxylic acids is 1. The zero-order valence-electron chi connectivity index (χ0n) is 36.5. The van der Waals surface area contributed by atoms with Gasteiger partial charge >= 0.3 is 5.69 Å². The minimum atomic E-state index is -1.68. The van der Waals surface area contributed by atoms with Crippen LogP contribution in [-0.4, -0.2) is 77.9 Å². The number of benzene rings is 4. The number of aromatic nitrogens is 2. The van der Waals surface area contributed by atoms with Gasteiger partial charge < -0.3 is 28.6 Å². The lowest BCUT2D eigenvalue weighted by Crippen LogP contribution is -2.67. The van der Waals surface area contributed by atoms with Crippen molar-refractivity contribution in [2.45, 2.75) is 83.0 Å². The zero-order valence-corrected chi connectivity index (χ0v) is 37.4. The fourth-order valence-corrected chi connectivity index (χ4v) is 9.75. The Hall–Kier alpha value is -5.29. The predicted octanol–water partition coefficient (Wildman–Crippen LogP) is 8.36. The molecule has 2 heterocycles. The number of aryl methyl sites for hydroxylation is 1. The topological polar surface area (TPSA) is 149 Å². The number of nitrogens with one attached hydrogen (secondary N) is 2. The van der Waals surface area contributed by atoms with Crippen LogP contribution in [0.2, 0.25) is 0 Å². The van der Waals surface area contributed by atoms with Crippen LogP contribution in [-0.2, 0) is 24.1 Å². The highest BCUT2D eigenvalue weighted by atomic mass is 31.2. The lowest BCUT2D eigenvalue weighted by Gasteiger charge is -2.52. The molecule has 5 aromatic rings. The van der Waals surface area contributed by atoms with Crippen molar-refractivity contribution in [1.29, 1.82) is 5.26 Å². The first kappa shape index (κ1) is 46.2. The van der Waals surface area contributed by atoms with Gasteiger partial charge in [-0.1, -0.05) is 91.0 Å². The van der Waals surface area contributed by atoms with Crippen molar-refractivity contribution in [2.75, 3.05) is 39.4 Å². The molecule has 4 aromatic carbocycles. The third-order valence-electron chi connectivity index (χ3n) is 11.1. The van der Waals surface area contributed by atoms with Gasteiger partial charge in [-0.05, 0) is 75.6 Å². The molecule has 1 saturated heterocycles. The molecule has 13 nitrogen and oxygen atoms in total. The van der Waals surface area contributed by atoms with Gasteiger partial charge in [-0.2, -0.15) is 10.2 Å². The van der Waals surface area contributed by atoms with Gasteiger partial charge in [0.25, 0.3) is 14.4 Å². The van der Waals surface area contributed by atoms with Gasteiger partial charge in [-0.15, -0.1) is 0 Å². The maximum atomic E-state index is 14.4. The lowest BCUT2D eigenvalue weighted by molar-refractivity contribution is -0.188. The number of amides is 1. The summed E-state index contributed by atoms with van der Waals surface area (Å²) in [6.45, 7) is 10.6. The van der Waals surface area contributed by atoms with Gasteiger partial charge in [0.2, 0.25) is 0 Å². The molecular weight excluding hydrogens is 804 g/mol. The molecule has 2 N–H and O–H groups in total. The molecule has 1 aromatic heterocycles. The molecule has 6 rings (SSSR count). The van der Waals surface area contributed by atoms with Crippen LogP contribution in [0.15, 0.2) is 126 Å². The van der Waals surface area contributed by atoms with Crippen molar-refractivity contribution in [1.82, 2.24) is 19.5 Å². The van der Waals surface area contributed by atoms with Crippen molar-refractivity contribution >= 4 is 20.3 Å². The molecule has 1 fully saturated rings. The maximum absolute atomic E-state index is 14.4. The molecule has 62 heavy (non-hydrogen) atoms. The van der Waals surface area contributed by atoms with Crippen molar-refractivity contribution in [3.05, 3.63) is 160 Å². The number of hydrogen-bond acceptors (Lipinski definition) is 11. The third-order valence-corrected chi connectivity index (χ3v) is 13.2. The fraction of sp³-hybridized carbons (Fsp3) is 0.375. The number of carbonyl (C=O) groups is 1. The molecule has 1 unspecified atom stereocenters. The predicted molar refractivity (Wildman–Crippen MR) is 241 cm³/mol. The van der Waals surface area contributed by atoms with Gasteiger partial charge in [0, 0.05) is 42.9 Å². The largest absolute Gasteiger partial charge is 0.497 e. The van der Waals surface area contributed by atoms with Crippen LogP contribution >= 0.6 is 8.53 Å². The molecule has 0 spiro atoms. The summed E-state index contributed by atoms with van der Waals surface area (Å²) in [5.74, 6) is 0.452. The van der Waals surface area contributed by atoms with E-state index >= 15 is 0 Å². The van der Waals surface area contributed by atoms with Crippen molar-refractivity contribution in [2.24, 2.45) is 0 Å². The van der Waals surface area contributed by atoms with Crippen molar-refractivity contribution in [3.8, 4) is 11.8 Å². The minimum absolute atomic E-state index is 0.0316. The molecule has 4 atom stereocenters. The van der Waals surface area contributed by atoms with E-state index in [1.807, 2.05) is 66.7 Å². The number of ether oxygens (including phenoxy) is 3. The van der Waals surface area contributed by atoms with E-state index in [0.717, 1.165) is 16.7 Å². The SMILES string of the molecule is COc1ccc(C(N[C@H]2[C@H](n3cc(C)c(NC(=O)c4ccccc4)nc3=O)OCC[C@]2(COP(OCCC#N)N(C(C)C)C(C)C)OC)(c2ccccc2)c2ccccc2)cc1. The van der Waals surface area contributed by atoms with Crippen LogP contribution in [0, 0.1) is 18.3 Å². The van der Waals surface area contributed by atoms with E-state index in [0.29, 0.717) is 23.3 Å². The van der Waals surface area contributed by atoms with Gasteiger partial charge in [0.15, 0.2) is 6.23 Å². The van der Waals surface area contributed by atoms with Gasteiger partial charge in [0.1, 0.15) is 17.2 Å². The first-order valence-electron chi connectivity index (χ1n) is 20.8. The quantitative estimate of drug-likeness (QED) is 0.0469. The average molecular weight is 861 g/mol. The van der Waals surface area contributed by atoms with Crippen LogP contribution in [0.5, 0.6) is 5.75 Å². The molecule has 0 aliphatic carbocycles. The second-order valence-corrected chi connectivity index (χ2v) is 17.2. The van der Waals surface area contributed by atoms with E-state index in [1.165, 1.54) is 4.57 Å². The number of rotatable bonds is 19. The molecule has 1 amide bonds. The summed E-state index contributed by atoms with van der Waals surface area (Å²) >= 11 is 0. The number of nitrogens with zero attached hydrogens (tertiary/aromatic N) is 4. The van der Waals surface area contributed by atoms with Crippen LogP contribution in [0.3, 0.4) is 0 Å². The normalized spacial score (nSPS) is 18.4. The highest BCUT2D eigenvalue weighted by Crippen LogP contribution is 2.49. The van der Waals surface area contributed by atoms with Crippen LogP contribution < -0.4 is 21.1 Å².